The molecular weight excluding hydrogens is 240 g/mol. The number of hydrogen-bond acceptors (Lipinski definition) is 2. The van der Waals surface area contributed by atoms with Gasteiger partial charge in [-0.3, -0.25) is 9.69 Å². The number of carbonyl (C=O) groups is 1. The normalized spacial score (nSPS) is 24.4. The van der Waals surface area contributed by atoms with Crippen molar-refractivity contribution in [2.75, 3.05) is 13.1 Å². The van der Waals surface area contributed by atoms with Crippen LogP contribution in [0.5, 0.6) is 0 Å². The van der Waals surface area contributed by atoms with Crippen LogP contribution in [0.2, 0.25) is 0 Å². The van der Waals surface area contributed by atoms with Crippen LogP contribution >= 0.6 is 0 Å². The van der Waals surface area contributed by atoms with Gasteiger partial charge in [-0.05, 0) is 26.0 Å². The van der Waals surface area contributed by atoms with Gasteiger partial charge in [0.25, 0.3) is 0 Å². The molecule has 1 heterocycles. The second-order valence-corrected chi connectivity index (χ2v) is 5.06. The van der Waals surface area contributed by atoms with Crippen LogP contribution in [0.3, 0.4) is 0 Å². The fourth-order valence-electron chi connectivity index (χ4n) is 2.26. The zero-order valence-corrected chi connectivity index (χ0v) is 10.1. The number of nitrogens with zero attached hydrogens (tertiary/aromatic N) is 1. The quantitative estimate of drug-likeness (QED) is 0.900. The molecule has 3 nitrogen and oxygen atoms in total. The number of hydrogen-bond donors (Lipinski definition) is 1. The summed E-state index contributed by atoms with van der Waals surface area (Å²) in [7, 11) is 0. The van der Waals surface area contributed by atoms with Crippen LogP contribution in [0.4, 0.5) is 8.78 Å². The molecule has 2 rings (SSSR count). The fraction of sp³-hybridized carbons (Fsp3) is 0.462. The third-order valence-electron chi connectivity index (χ3n) is 3.48. The maximum atomic E-state index is 13.5. The first-order valence-corrected chi connectivity index (χ1v) is 5.80. The number of carboxylic acids is 1. The maximum absolute atomic E-state index is 13.5. The second kappa shape index (κ2) is 4.65. The van der Waals surface area contributed by atoms with Gasteiger partial charge in [0.15, 0.2) is 0 Å². The Kier molecular flexibility index (Phi) is 3.34. The Balaban J connectivity index is 2.06. The highest BCUT2D eigenvalue weighted by Gasteiger charge is 2.40. The average molecular weight is 255 g/mol. The first kappa shape index (κ1) is 13.0. The molecule has 1 aliphatic rings. The number of rotatable bonds is 3. The summed E-state index contributed by atoms with van der Waals surface area (Å²) in [4.78, 5) is 13.0. The van der Waals surface area contributed by atoms with E-state index in [0.717, 1.165) is 6.07 Å². The van der Waals surface area contributed by atoms with E-state index in [1.54, 1.807) is 6.92 Å². The third kappa shape index (κ3) is 2.51. The second-order valence-electron chi connectivity index (χ2n) is 5.06. The summed E-state index contributed by atoms with van der Waals surface area (Å²) in [6.45, 7) is 3.00. The van der Waals surface area contributed by atoms with Gasteiger partial charge in [-0.2, -0.15) is 0 Å². The van der Waals surface area contributed by atoms with E-state index in [9.17, 15) is 13.6 Å². The van der Waals surface area contributed by atoms with Crippen LogP contribution in [-0.4, -0.2) is 29.1 Å². The molecule has 1 aliphatic heterocycles. The van der Waals surface area contributed by atoms with E-state index in [4.69, 9.17) is 5.11 Å². The molecule has 5 heteroatoms. The Labute approximate surface area is 104 Å². The highest BCUT2D eigenvalue weighted by atomic mass is 19.1. The number of likely N-dealkylation sites (tertiary alicyclic amines) is 1. The Morgan fingerprint density at radius 2 is 2.22 bits per heavy atom. The van der Waals surface area contributed by atoms with Crippen LogP contribution in [0.1, 0.15) is 18.9 Å². The molecule has 0 aliphatic carbocycles. The topological polar surface area (TPSA) is 40.5 Å². The zero-order chi connectivity index (χ0) is 13.3. The molecule has 18 heavy (non-hydrogen) atoms. The monoisotopic (exact) mass is 255 g/mol. The molecule has 1 fully saturated rings. The summed E-state index contributed by atoms with van der Waals surface area (Å²) in [6.07, 6.45) is 0.547. The summed E-state index contributed by atoms with van der Waals surface area (Å²) in [5.74, 6) is -2.02. The highest BCUT2D eigenvalue weighted by molar-refractivity contribution is 5.74. The summed E-state index contributed by atoms with van der Waals surface area (Å²) in [5, 5.41) is 9.10. The molecule has 98 valence electrons. The van der Waals surface area contributed by atoms with Crippen molar-refractivity contribution >= 4 is 5.97 Å². The van der Waals surface area contributed by atoms with Crippen molar-refractivity contribution in [2.45, 2.75) is 19.9 Å². The highest BCUT2D eigenvalue weighted by Crippen LogP contribution is 2.31. The predicted molar refractivity (Wildman–Crippen MR) is 62.0 cm³/mol. The Bertz CT molecular complexity index is 478. The molecule has 1 aromatic rings. The van der Waals surface area contributed by atoms with Crippen molar-refractivity contribution in [3.8, 4) is 0 Å². The molecule has 1 atom stereocenters. The Hall–Kier alpha value is -1.49. The van der Waals surface area contributed by atoms with Gasteiger partial charge in [0.05, 0.1) is 5.41 Å². The summed E-state index contributed by atoms with van der Waals surface area (Å²) in [5.41, 5.74) is -0.373. The van der Waals surface area contributed by atoms with Crippen molar-refractivity contribution in [2.24, 2.45) is 5.41 Å². The minimum Gasteiger partial charge on any atom is -0.481 e. The molecule has 0 saturated carbocycles. The van der Waals surface area contributed by atoms with E-state index >= 15 is 0 Å². The lowest BCUT2D eigenvalue weighted by atomic mass is 9.90. The van der Waals surface area contributed by atoms with Crippen molar-refractivity contribution < 1.29 is 18.7 Å². The molecule has 0 bridgehead atoms. The van der Waals surface area contributed by atoms with E-state index in [2.05, 4.69) is 0 Å². The van der Waals surface area contributed by atoms with Crippen LogP contribution in [0.15, 0.2) is 18.2 Å². The lowest BCUT2D eigenvalue weighted by Gasteiger charge is -2.20. The van der Waals surface area contributed by atoms with E-state index in [1.807, 2.05) is 4.90 Å². The fourth-order valence-corrected chi connectivity index (χ4v) is 2.26. The molecule has 0 spiro atoms. The first-order chi connectivity index (χ1) is 8.40. The predicted octanol–water partition coefficient (Wildman–Crippen LogP) is 2.26. The van der Waals surface area contributed by atoms with Crippen molar-refractivity contribution in [1.82, 2.24) is 4.90 Å². The zero-order valence-electron chi connectivity index (χ0n) is 10.1. The molecule has 1 unspecified atom stereocenters. The molecule has 0 radical (unpaired) electrons. The number of benzene rings is 1. The van der Waals surface area contributed by atoms with Gasteiger partial charge in [-0.1, -0.05) is 6.07 Å². The first-order valence-electron chi connectivity index (χ1n) is 5.80. The third-order valence-corrected chi connectivity index (χ3v) is 3.48. The lowest BCUT2D eigenvalue weighted by molar-refractivity contribution is -0.147. The maximum Gasteiger partial charge on any atom is 0.310 e. The minimum atomic E-state index is -0.829. The summed E-state index contributed by atoms with van der Waals surface area (Å²) in [6, 6.07) is 3.47. The van der Waals surface area contributed by atoms with Crippen LogP contribution < -0.4 is 0 Å². The van der Waals surface area contributed by atoms with Gasteiger partial charge in [0.1, 0.15) is 11.6 Å². The van der Waals surface area contributed by atoms with Gasteiger partial charge in [-0.25, -0.2) is 8.78 Å². The van der Waals surface area contributed by atoms with Crippen LogP contribution in [0.25, 0.3) is 0 Å². The van der Waals surface area contributed by atoms with Gasteiger partial charge in [-0.15, -0.1) is 0 Å². The number of halogens is 2. The van der Waals surface area contributed by atoms with E-state index in [-0.39, 0.29) is 0 Å². The molecule has 1 saturated heterocycles. The van der Waals surface area contributed by atoms with Crippen molar-refractivity contribution in [3.05, 3.63) is 35.4 Å². The van der Waals surface area contributed by atoms with Gasteiger partial charge in [0, 0.05) is 24.7 Å². The number of aliphatic carboxylic acids is 1. The smallest absolute Gasteiger partial charge is 0.310 e. The molecule has 1 aromatic carbocycles. The average Bonchev–Trinajstić information content (AvgIpc) is 2.66. The SMILES string of the molecule is CC1(C(=O)O)CCN(Cc2ccc(F)cc2F)C1. The molecular formula is C13H15F2NO2. The lowest BCUT2D eigenvalue weighted by Crippen LogP contribution is -2.31. The van der Waals surface area contributed by atoms with Crippen molar-refractivity contribution in [1.29, 1.82) is 0 Å². The van der Waals surface area contributed by atoms with Crippen LogP contribution in [0, 0.1) is 17.0 Å². The van der Waals surface area contributed by atoms with E-state index in [0.29, 0.717) is 31.6 Å². The van der Waals surface area contributed by atoms with Gasteiger partial charge in [0.2, 0.25) is 0 Å². The molecule has 1 N–H and O–H groups in total. The largest absolute Gasteiger partial charge is 0.481 e. The van der Waals surface area contributed by atoms with E-state index in [1.165, 1.54) is 12.1 Å². The van der Waals surface area contributed by atoms with Gasteiger partial charge < -0.3 is 5.11 Å². The summed E-state index contributed by atoms with van der Waals surface area (Å²) >= 11 is 0. The minimum absolute atomic E-state index is 0.314. The van der Waals surface area contributed by atoms with Gasteiger partial charge >= 0.3 is 5.97 Å². The number of carboxylic acid groups (broad SMARTS) is 1. The standard InChI is InChI=1S/C13H15F2NO2/c1-13(12(17)18)4-5-16(8-13)7-9-2-3-10(14)6-11(9)15/h2-3,6H,4-5,7-8H2,1H3,(H,17,18). The molecule has 0 aromatic heterocycles. The molecule has 0 amide bonds. The van der Waals surface area contributed by atoms with E-state index < -0.39 is 23.0 Å². The Morgan fingerprint density at radius 1 is 1.50 bits per heavy atom. The summed E-state index contributed by atoms with van der Waals surface area (Å²) < 4.78 is 26.2. The van der Waals surface area contributed by atoms with Crippen molar-refractivity contribution in [3.63, 3.8) is 0 Å². The van der Waals surface area contributed by atoms with Crippen LogP contribution in [-0.2, 0) is 11.3 Å². The Morgan fingerprint density at radius 3 is 2.78 bits per heavy atom.